The number of hydrogen-bond donors (Lipinski definition) is 2. The van der Waals surface area contributed by atoms with E-state index in [0.717, 1.165) is 61.4 Å². The van der Waals surface area contributed by atoms with Crippen LogP contribution in [0, 0.1) is 0 Å². The zero-order valence-corrected chi connectivity index (χ0v) is 25.1. The minimum atomic E-state index is -1.13. The summed E-state index contributed by atoms with van der Waals surface area (Å²) in [6.07, 6.45) is 6.12. The van der Waals surface area contributed by atoms with Crippen LogP contribution in [0.1, 0.15) is 52.9 Å². The zero-order chi connectivity index (χ0) is 29.2. The van der Waals surface area contributed by atoms with Gasteiger partial charge in [-0.05, 0) is 75.6 Å². The molecular weight excluding hydrogens is 542 g/mol. The number of aromatic amines is 1. The molecule has 0 bridgehead atoms. The number of ether oxygens (including phenoxy) is 1. The number of nitrogens with one attached hydrogen (secondary N) is 2. The summed E-state index contributed by atoms with van der Waals surface area (Å²) < 4.78 is 5.48. The van der Waals surface area contributed by atoms with E-state index in [9.17, 15) is 9.59 Å². The average Bonchev–Trinajstić information content (AvgIpc) is 3.48. The normalized spacial score (nSPS) is 14.8. The third kappa shape index (κ3) is 7.48. The molecule has 0 radical (unpaired) electrons. The number of aromatic nitrogens is 3. The van der Waals surface area contributed by atoms with Crippen LogP contribution in [0.25, 0.3) is 11.0 Å². The maximum atomic E-state index is 14.6. The molecule has 1 saturated heterocycles. The highest BCUT2D eigenvalue weighted by Gasteiger charge is 2.46. The molecule has 3 heterocycles. The lowest BCUT2D eigenvalue weighted by Gasteiger charge is -2.43. The van der Waals surface area contributed by atoms with Gasteiger partial charge in [0.15, 0.2) is 0 Å². The maximum absolute atomic E-state index is 14.6. The van der Waals surface area contributed by atoms with Crippen molar-refractivity contribution in [2.45, 2.75) is 58.4 Å². The van der Waals surface area contributed by atoms with E-state index in [4.69, 9.17) is 16.3 Å². The van der Waals surface area contributed by atoms with Gasteiger partial charge < -0.3 is 29.7 Å². The van der Waals surface area contributed by atoms with Gasteiger partial charge in [0, 0.05) is 36.5 Å². The number of halogens is 1. The molecule has 222 valence electrons. The Morgan fingerprint density at radius 1 is 1.05 bits per heavy atom. The van der Waals surface area contributed by atoms with Crippen LogP contribution in [0.2, 0.25) is 5.02 Å². The second-order valence-corrected chi connectivity index (χ2v) is 10.9. The van der Waals surface area contributed by atoms with Gasteiger partial charge in [0.05, 0.1) is 12.0 Å². The zero-order valence-electron chi connectivity index (χ0n) is 24.4. The number of nitrogens with zero attached hydrogens (tertiary/aromatic N) is 5. The van der Waals surface area contributed by atoms with Gasteiger partial charge in [-0.2, -0.15) is 0 Å². The first kappa shape index (κ1) is 30.6. The molecule has 2 N–H and O–H groups in total. The summed E-state index contributed by atoms with van der Waals surface area (Å²) in [5.74, 6) is 0.678. The molecule has 41 heavy (non-hydrogen) atoms. The second kappa shape index (κ2) is 14.5. The van der Waals surface area contributed by atoms with Crippen LogP contribution >= 0.6 is 11.6 Å². The van der Waals surface area contributed by atoms with E-state index in [1.54, 1.807) is 23.4 Å². The van der Waals surface area contributed by atoms with Crippen molar-refractivity contribution in [1.29, 1.82) is 0 Å². The summed E-state index contributed by atoms with van der Waals surface area (Å²) in [5, 5.41) is 4.55. The molecule has 0 unspecified atom stereocenters. The number of carbonyl (C=O) groups excluding carboxylic acids is 2. The molecular formula is C30H42ClN7O3. The van der Waals surface area contributed by atoms with Crippen molar-refractivity contribution in [3.8, 4) is 0 Å². The van der Waals surface area contributed by atoms with Crippen LogP contribution in [0.4, 0.5) is 16.3 Å². The molecule has 1 aliphatic heterocycles. The Morgan fingerprint density at radius 2 is 1.78 bits per heavy atom. The van der Waals surface area contributed by atoms with Gasteiger partial charge in [-0.1, -0.05) is 38.8 Å². The van der Waals surface area contributed by atoms with E-state index < -0.39 is 11.6 Å². The number of benzene rings is 1. The number of amides is 2. The molecule has 1 fully saturated rings. The summed E-state index contributed by atoms with van der Waals surface area (Å²) in [4.78, 5) is 45.8. The molecule has 4 rings (SSSR count). The average molecular weight is 584 g/mol. The van der Waals surface area contributed by atoms with Gasteiger partial charge in [-0.25, -0.2) is 14.8 Å². The molecule has 3 aromatic rings. The molecule has 0 atom stereocenters. The van der Waals surface area contributed by atoms with Gasteiger partial charge in [-0.15, -0.1) is 0 Å². The Bertz CT molecular complexity index is 1270. The van der Waals surface area contributed by atoms with Crippen LogP contribution in [0.3, 0.4) is 0 Å². The number of anilines is 2. The summed E-state index contributed by atoms with van der Waals surface area (Å²) in [6, 6.07) is 9.27. The number of piperidine rings is 1. The van der Waals surface area contributed by atoms with Crippen LogP contribution in [0.15, 0.2) is 42.9 Å². The highest BCUT2D eigenvalue weighted by molar-refractivity contribution is 6.30. The van der Waals surface area contributed by atoms with Gasteiger partial charge >= 0.3 is 6.09 Å². The molecule has 2 amide bonds. The van der Waals surface area contributed by atoms with Gasteiger partial charge in [-0.3, -0.25) is 4.79 Å². The number of unbranched alkanes of at least 4 members (excludes halogenated alkanes) is 1. The highest BCUT2D eigenvalue weighted by Crippen LogP contribution is 2.32. The predicted molar refractivity (Wildman–Crippen MR) is 164 cm³/mol. The molecule has 0 aliphatic carbocycles. The summed E-state index contributed by atoms with van der Waals surface area (Å²) >= 11 is 6.19. The largest absolute Gasteiger partial charge is 0.450 e. The molecule has 1 aromatic carbocycles. The molecule has 2 aromatic heterocycles. The number of H-pyrrole nitrogens is 1. The third-order valence-corrected chi connectivity index (χ3v) is 8.12. The minimum absolute atomic E-state index is 0.138. The SMILES string of the molecule is CCCCOC(=O)NC1(C(=O)N(CCCN(CC)CC)c2ccc(Cl)cc2)CCN(c2ncnc3[nH]ccc23)CC1. The Morgan fingerprint density at radius 3 is 2.46 bits per heavy atom. The van der Waals surface area contributed by atoms with Crippen molar-refractivity contribution in [3.63, 3.8) is 0 Å². The van der Waals surface area contributed by atoms with Crippen molar-refractivity contribution in [1.82, 2.24) is 25.2 Å². The van der Waals surface area contributed by atoms with Gasteiger partial charge in [0.25, 0.3) is 5.91 Å². The van der Waals surface area contributed by atoms with E-state index in [0.29, 0.717) is 44.1 Å². The fourth-order valence-corrected chi connectivity index (χ4v) is 5.49. The van der Waals surface area contributed by atoms with Crippen molar-refractivity contribution in [2.75, 3.05) is 55.7 Å². The Hall–Kier alpha value is -3.37. The number of fused-ring (bicyclic) bond motifs is 1. The van der Waals surface area contributed by atoms with Crippen molar-refractivity contribution in [2.24, 2.45) is 0 Å². The van der Waals surface area contributed by atoms with Crippen LogP contribution in [-0.4, -0.2) is 83.3 Å². The first-order valence-corrected chi connectivity index (χ1v) is 15.1. The Labute approximate surface area is 247 Å². The smallest absolute Gasteiger partial charge is 0.408 e. The summed E-state index contributed by atoms with van der Waals surface area (Å²) in [5.41, 5.74) is 0.397. The first-order chi connectivity index (χ1) is 19.9. The topological polar surface area (TPSA) is 107 Å². The van der Waals surface area contributed by atoms with Gasteiger partial charge in [0.2, 0.25) is 0 Å². The molecule has 11 heteroatoms. The third-order valence-electron chi connectivity index (χ3n) is 7.87. The number of alkyl carbamates (subject to hydrolysis) is 1. The van der Waals surface area contributed by atoms with E-state index in [1.165, 1.54) is 0 Å². The number of hydrogen-bond acceptors (Lipinski definition) is 7. The van der Waals surface area contributed by atoms with Crippen LogP contribution in [0.5, 0.6) is 0 Å². The maximum Gasteiger partial charge on any atom is 0.408 e. The van der Waals surface area contributed by atoms with E-state index in [1.807, 2.05) is 31.3 Å². The van der Waals surface area contributed by atoms with Crippen LogP contribution in [-0.2, 0) is 9.53 Å². The summed E-state index contributed by atoms with van der Waals surface area (Å²) in [6.45, 7) is 11.0. The fraction of sp³-hybridized carbons (Fsp3) is 0.533. The fourth-order valence-electron chi connectivity index (χ4n) is 5.36. The van der Waals surface area contributed by atoms with E-state index in [2.05, 4.69) is 43.9 Å². The first-order valence-electron chi connectivity index (χ1n) is 14.7. The highest BCUT2D eigenvalue weighted by atomic mass is 35.5. The van der Waals surface area contributed by atoms with E-state index in [-0.39, 0.29) is 5.91 Å². The lowest BCUT2D eigenvalue weighted by atomic mass is 9.85. The van der Waals surface area contributed by atoms with Crippen molar-refractivity contribution < 1.29 is 14.3 Å². The lowest BCUT2D eigenvalue weighted by molar-refractivity contribution is -0.125. The Balaban J connectivity index is 1.60. The second-order valence-electron chi connectivity index (χ2n) is 10.4. The quantitative estimate of drug-likeness (QED) is 0.265. The van der Waals surface area contributed by atoms with Crippen molar-refractivity contribution >= 4 is 46.1 Å². The summed E-state index contributed by atoms with van der Waals surface area (Å²) in [7, 11) is 0. The standard InChI is InChI=1S/C30H42ClN7O3/c1-4-7-21-41-29(40)35-30(14-19-37(20-15-30)27-25-13-16-32-26(25)33-22-34-27)28(39)38(18-8-17-36(5-2)6-3)24-11-9-23(31)10-12-24/h9-13,16,22H,4-8,14-15,17-21H2,1-3H3,(H,35,40)(H,32,33,34). The lowest BCUT2D eigenvalue weighted by Crippen LogP contribution is -2.64. The minimum Gasteiger partial charge on any atom is -0.450 e. The predicted octanol–water partition coefficient (Wildman–Crippen LogP) is 5.24. The molecule has 0 spiro atoms. The molecule has 10 nitrogen and oxygen atoms in total. The Kier molecular flexibility index (Phi) is 10.8. The number of rotatable bonds is 13. The number of carbonyl (C=O) groups is 2. The van der Waals surface area contributed by atoms with E-state index >= 15 is 0 Å². The van der Waals surface area contributed by atoms with Crippen LogP contribution < -0.4 is 15.1 Å². The van der Waals surface area contributed by atoms with Gasteiger partial charge in [0.1, 0.15) is 23.3 Å². The molecule has 1 aliphatic rings. The van der Waals surface area contributed by atoms with Crippen molar-refractivity contribution in [3.05, 3.63) is 47.9 Å². The monoisotopic (exact) mass is 583 g/mol. The molecule has 0 saturated carbocycles.